The highest BCUT2D eigenvalue weighted by Gasteiger charge is 2.41. The Labute approximate surface area is 144 Å². The lowest BCUT2D eigenvalue weighted by molar-refractivity contribution is 0.0688. The monoisotopic (exact) mass is 322 g/mol. The van der Waals surface area contributed by atoms with E-state index < -0.39 is 0 Å². The van der Waals surface area contributed by atoms with Gasteiger partial charge in [-0.15, -0.1) is 0 Å². The van der Waals surface area contributed by atoms with Crippen molar-refractivity contribution in [2.45, 2.75) is 39.5 Å². The van der Waals surface area contributed by atoms with E-state index in [1.807, 2.05) is 0 Å². The van der Waals surface area contributed by atoms with E-state index >= 15 is 0 Å². The van der Waals surface area contributed by atoms with Gasteiger partial charge >= 0.3 is 0 Å². The van der Waals surface area contributed by atoms with Gasteiger partial charge in [-0.05, 0) is 43.9 Å². The van der Waals surface area contributed by atoms with Gasteiger partial charge in [0.25, 0.3) is 0 Å². The molecule has 24 heavy (non-hydrogen) atoms. The lowest BCUT2D eigenvalue weighted by Gasteiger charge is -2.26. The van der Waals surface area contributed by atoms with E-state index in [2.05, 4.69) is 73.0 Å². The van der Waals surface area contributed by atoms with Crippen molar-refractivity contribution in [3.05, 3.63) is 64.7 Å². The van der Waals surface area contributed by atoms with Gasteiger partial charge in [-0.1, -0.05) is 48.0 Å². The summed E-state index contributed by atoms with van der Waals surface area (Å²) in [5.74, 6) is 0. The minimum Gasteiger partial charge on any atom is -0.360 e. The van der Waals surface area contributed by atoms with Crippen LogP contribution in [0.15, 0.2) is 42.5 Å². The lowest BCUT2D eigenvalue weighted by Crippen LogP contribution is -2.36. The fourth-order valence-corrected chi connectivity index (χ4v) is 4.35. The van der Waals surface area contributed by atoms with E-state index in [0.29, 0.717) is 6.04 Å². The predicted octanol–water partition coefficient (Wildman–Crippen LogP) is 3.66. The van der Waals surface area contributed by atoms with Gasteiger partial charge in [0.2, 0.25) is 0 Å². The van der Waals surface area contributed by atoms with Gasteiger partial charge in [0.15, 0.2) is 0 Å². The van der Waals surface area contributed by atoms with E-state index in [0.717, 1.165) is 26.2 Å². The third-order valence-corrected chi connectivity index (χ3v) is 5.30. The van der Waals surface area contributed by atoms with E-state index in [1.54, 1.807) is 0 Å². The standard InChI is InChI=1S/C21H26N2O/c1-15-9-16(2)21(17(3)10-15)22-12-20-23(14-22)19(13-24-20)11-18-7-5-4-6-8-18/h4-10,19-20H,11-14H2,1-3H3/t19-,20?/m0/s1. The number of hydrogen-bond donors (Lipinski definition) is 0. The van der Waals surface area contributed by atoms with Crippen molar-refractivity contribution in [1.82, 2.24) is 4.90 Å². The number of fused-ring (bicyclic) bond motifs is 1. The molecule has 0 N–H and O–H groups in total. The molecule has 0 aliphatic carbocycles. The molecule has 2 heterocycles. The molecule has 2 aliphatic heterocycles. The van der Waals surface area contributed by atoms with Crippen molar-refractivity contribution < 1.29 is 4.74 Å². The Balaban J connectivity index is 1.52. The van der Waals surface area contributed by atoms with Crippen LogP contribution in [0.2, 0.25) is 0 Å². The summed E-state index contributed by atoms with van der Waals surface area (Å²) in [6.07, 6.45) is 1.30. The van der Waals surface area contributed by atoms with Crippen LogP contribution >= 0.6 is 0 Å². The summed E-state index contributed by atoms with van der Waals surface area (Å²) in [5, 5.41) is 0. The summed E-state index contributed by atoms with van der Waals surface area (Å²) in [7, 11) is 0. The van der Waals surface area contributed by atoms with Gasteiger partial charge in [-0.2, -0.15) is 0 Å². The lowest BCUT2D eigenvalue weighted by atomic mass is 10.0. The summed E-state index contributed by atoms with van der Waals surface area (Å²) in [5.41, 5.74) is 6.86. The van der Waals surface area contributed by atoms with Crippen molar-refractivity contribution in [2.24, 2.45) is 0 Å². The average Bonchev–Trinajstić information content (AvgIpc) is 3.09. The van der Waals surface area contributed by atoms with Crippen molar-refractivity contribution >= 4 is 5.69 Å². The molecule has 4 rings (SSSR count). The molecule has 0 amide bonds. The molecule has 3 heteroatoms. The van der Waals surface area contributed by atoms with Crippen LogP contribution in [0.1, 0.15) is 22.3 Å². The number of benzene rings is 2. The molecule has 2 aromatic rings. The predicted molar refractivity (Wildman–Crippen MR) is 98.4 cm³/mol. The van der Waals surface area contributed by atoms with Crippen LogP contribution in [0.4, 0.5) is 5.69 Å². The number of ether oxygens (including phenoxy) is 1. The van der Waals surface area contributed by atoms with Crippen LogP contribution in [0.3, 0.4) is 0 Å². The third-order valence-electron chi connectivity index (χ3n) is 5.30. The van der Waals surface area contributed by atoms with Crippen molar-refractivity contribution in [2.75, 3.05) is 24.7 Å². The Morgan fingerprint density at radius 2 is 1.75 bits per heavy atom. The topological polar surface area (TPSA) is 15.7 Å². The fraction of sp³-hybridized carbons (Fsp3) is 0.429. The number of hydrogen-bond acceptors (Lipinski definition) is 3. The first-order valence-electron chi connectivity index (χ1n) is 8.86. The molecular formula is C21H26N2O. The zero-order valence-corrected chi connectivity index (χ0v) is 14.8. The van der Waals surface area contributed by atoms with Gasteiger partial charge in [0.1, 0.15) is 6.23 Å². The first kappa shape index (κ1) is 15.7. The first-order valence-corrected chi connectivity index (χ1v) is 8.86. The molecule has 126 valence electrons. The second-order valence-electron chi connectivity index (χ2n) is 7.26. The van der Waals surface area contributed by atoms with Crippen molar-refractivity contribution in [3.63, 3.8) is 0 Å². The molecule has 0 radical (unpaired) electrons. The average molecular weight is 322 g/mol. The number of nitrogens with zero attached hydrogens (tertiary/aromatic N) is 2. The van der Waals surface area contributed by atoms with E-state index in [-0.39, 0.29) is 6.23 Å². The molecule has 3 nitrogen and oxygen atoms in total. The molecule has 2 saturated heterocycles. The maximum absolute atomic E-state index is 6.10. The number of anilines is 1. The maximum Gasteiger partial charge on any atom is 0.130 e. The molecule has 0 aromatic heterocycles. The third kappa shape index (κ3) is 2.83. The highest BCUT2D eigenvalue weighted by Crippen LogP contribution is 2.33. The normalized spacial score (nSPS) is 23.7. The highest BCUT2D eigenvalue weighted by atomic mass is 16.5. The molecule has 2 aliphatic rings. The van der Waals surface area contributed by atoms with Crippen molar-refractivity contribution in [3.8, 4) is 0 Å². The highest BCUT2D eigenvalue weighted by molar-refractivity contribution is 5.60. The van der Waals surface area contributed by atoms with Gasteiger partial charge in [-0.25, -0.2) is 0 Å². The molecule has 1 unspecified atom stereocenters. The Kier molecular flexibility index (Phi) is 4.07. The number of rotatable bonds is 3. The van der Waals surface area contributed by atoms with Crippen LogP contribution < -0.4 is 4.90 Å². The molecular weight excluding hydrogens is 296 g/mol. The smallest absolute Gasteiger partial charge is 0.130 e. The van der Waals surface area contributed by atoms with Gasteiger partial charge in [-0.3, -0.25) is 4.90 Å². The molecule has 0 saturated carbocycles. The second-order valence-corrected chi connectivity index (χ2v) is 7.26. The Bertz CT molecular complexity index is 705. The van der Waals surface area contributed by atoms with Crippen LogP contribution in [-0.2, 0) is 11.2 Å². The summed E-state index contributed by atoms with van der Waals surface area (Å²) in [4.78, 5) is 5.03. The van der Waals surface area contributed by atoms with Crippen LogP contribution in [-0.4, -0.2) is 37.0 Å². The van der Waals surface area contributed by atoms with E-state index in [4.69, 9.17) is 4.74 Å². The molecule has 2 aromatic carbocycles. The maximum atomic E-state index is 6.10. The quantitative estimate of drug-likeness (QED) is 0.858. The van der Waals surface area contributed by atoms with Gasteiger partial charge < -0.3 is 9.64 Å². The Morgan fingerprint density at radius 1 is 1.04 bits per heavy atom. The summed E-state index contributed by atoms with van der Waals surface area (Å²) >= 11 is 0. The van der Waals surface area contributed by atoms with Crippen LogP contribution in [0, 0.1) is 20.8 Å². The van der Waals surface area contributed by atoms with Crippen LogP contribution in [0.5, 0.6) is 0 Å². The summed E-state index contributed by atoms with van der Waals surface area (Å²) in [6, 6.07) is 15.8. The Morgan fingerprint density at radius 3 is 2.46 bits per heavy atom. The zero-order valence-electron chi connectivity index (χ0n) is 14.8. The summed E-state index contributed by atoms with van der Waals surface area (Å²) < 4.78 is 6.10. The van der Waals surface area contributed by atoms with Gasteiger partial charge in [0, 0.05) is 11.7 Å². The molecule has 0 bridgehead atoms. The molecule has 2 fully saturated rings. The molecule has 0 spiro atoms. The Hall–Kier alpha value is -1.84. The summed E-state index contributed by atoms with van der Waals surface area (Å²) in [6.45, 7) is 9.40. The number of aryl methyl sites for hydroxylation is 3. The first-order chi connectivity index (χ1) is 11.6. The fourth-order valence-electron chi connectivity index (χ4n) is 4.35. The van der Waals surface area contributed by atoms with E-state index in [1.165, 1.54) is 27.9 Å². The zero-order chi connectivity index (χ0) is 16.7. The van der Waals surface area contributed by atoms with Gasteiger partial charge in [0.05, 0.1) is 19.8 Å². The minimum atomic E-state index is 0.235. The minimum absolute atomic E-state index is 0.235. The van der Waals surface area contributed by atoms with E-state index in [9.17, 15) is 0 Å². The van der Waals surface area contributed by atoms with Crippen molar-refractivity contribution in [1.29, 1.82) is 0 Å². The molecule has 2 atom stereocenters. The largest absolute Gasteiger partial charge is 0.360 e. The SMILES string of the molecule is Cc1cc(C)c(N2CC3OC[C@H](Cc4ccccc4)N3C2)c(C)c1. The second kappa shape index (κ2) is 6.23. The van der Waals surface area contributed by atoms with Crippen LogP contribution in [0.25, 0.3) is 0 Å².